The molecule has 0 radical (unpaired) electrons. The molecule has 0 saturated carbocycles. The minimum Gasteiger partial charge on any atom is -0.496 e. The molecule has 0 aliphatic heterocycles. The van der Waals surface area contributed by atoms with Crippen LogP contribution in [0.2, 0.25) is 0 Å². The van der Waals surface area contributed by atoms with Gasteiger partial charge in [0, 0.05) is 5.31 Å². The number of allylic oxidation sites excluding steroid dienone is 4. The molecule has 0 amide bonds. The van der Waals surface area contributed by atoms with Gasteiger partial charge in [-0.3, -0.25) is 9.59 Å². The normalized spacial score (nSPS) is 14.7. The average molecular weight is 541 g/mol. The summed E-state index contributed by atoms with van der Waals surface area (Å²) in [6.45, 7) is 6.18. The van der Waals surface area contributed by atoms with Crippen LogP contribution in [0, 0.1) is 5.41 Å². The van der Waals surface area contributed by atoms with Crippen LogP contribution in [-0.2, 0) is 4.57 Å². The van der Waals surface area contributed by atoms with Crippen LogP contribution in [0.25, 0.3) is 0 Å². The molecule has 0 atom stereocenters. The van der Waals surface area contributed by atoms with Gasteiger partial charge in [-0.15, -0.1) is 0 Å². The zero-order chi connectivity index (χ0) is 28.1. The number of hydrogen-bond acceptors (Lipinski definition) is 7. The number of carbonyl (C=O) groups is 2. The van der Waals surface area contributed by atoms with Crippen molar-refractivity contribution in [3.63, 3.8) is 0 Å². The van der Waals surface area contributed by atoms with Crippen molar-refractivity contribution in [3.8, 4) is 23.0 Å². The van der Waals surface area contributed by atoms with E-state index in [1.54, 1.807) is 42.5 Å². The Morgan fingerprint density at radius 2 is 1.16 bits per heavy atom. The van der Waals surface area contributed by atoms with E-state index in [-0.39, 0.29) is 44.9 Å². The molecule has 1 aliphatic carbocycles. The third-order valence-corrected chi connectivity index (χ3v) is 10.3. The highest BCUT2D eigenvalue weighted by Crippen LogP contribution is 2.65. The van der Waals surface area contributed by atoms with E-state index in [1.165, 1.54) is 28.4 Å². The van der Waals surface area contributed by atoms with Crippen LogP contribution in [0.1, 0.15) is 67.2 Å². The maximum atomic E-state index is 15.4. The first-order valence-corrected chi connectivity index (χ1v) is 14.5. The van der Waals surface area contributed by atoms with Gasteiger partial charge in [0.1, 0.15) is 34.1 Å². The Kier molecular flexibility index (Phi) is 9.26. The molecule has 38 heavy (non-hydrogen) atoms. The summed E-state index contributed by atoms with van der Waals surface area (Å²) in [5.41, 5.74) is -1.09. The Labute approximate surface area is 225 Å². The predicted molar refractivity (Wildman–Crippen MR) is 149 cm³/mol. The topological polar surface area (TPSA) is 88.1 Å². The molecule has 0 aromatic heterocycles. The molecule has 1 aliphatic rings. The van der Waals surface area contributed by atoms with Crippen LogP contribution < -0.4 is 18.9 Å². The van der Waals surface area contributed by atoms with Crippen molar-refractivity contribution in [3.05, 3.63) is 70.6 Å². The van der Waals surface area contributed by atoms with Crippen molar-refractivity contribution >= 4 is 18.2 Å². The first-order chi connectivity index (χ1) is 18.2. The van der Waals surface area contributed by atoms with Gasteiger partial charge >= 0.3 is 0 Å². The Morgan fingerprint density at radius 1 is 0.763 bits per heavy atom. The zero-order valence-corrected chi connectivity index (χ0v) is 24.1. The Morgan fingerprint density at radius 3 is 1.47 bits per heavy atom. The van der Waals surface area contributed by atoms with Gasteiger partial charge in [-0.05, 0) is 55.4 Å². The minimum absolute atomic E-state index is 0.0396. The number of benzene rings is 2. The molecule has 0 fully saturated rings. The molecule has 0 bridgehead atoms. The smallest absolute Gasteiger partial charge is 0.249 e. The molecule has 2 aromatic carbocycles. The van der Waals surface area contributed by atoms with Crippen LogP contribution >= 0.6 is 7.14 Å². The van der Waals surface area contributed by atoms with Gasteiger partial charge in [-0.1, -0.05) is 50.6 Å². The second-order valence-corrected chi connectivity index (χ2v) is 11.7. The van der Waals surface area contributed by atoms with Crippen LogP contribution in [0.4, 0.5) is 0 Å². The molecule has 3 rings (SSSR count). The maximum Gasteiger partial charge on any atom is 0.249 e. The highest BCUT2D eigenvalue weighted by Gasteiger charge is 2.49. The summed E-state index contributed by atoms with van der Waals surface area (Å²) < 4.78 is 37.3. The first-order valence-electron chi connectivity index (χ1n) is 12.7. The zero-order valence-electron chi connectivity index (χ0n) is 23.3. The van der Waals surface area contributed by atoms with Gasteiger partial charge in [0.2, 0.25) is 18.2 Å². The standard InChI is InChI=1S/C30H37O7P/c1-8-20-19-30(9-2,10-3)18-17-25(20)38(33,28(31)26-21(34-4)13-11-14-22(26)35-5)29(32)27-23(36-6)15-12-16-24(27)37-7/h11-18H,8-10,19H2,1-7H3. The van der Waals surface area contributed by atoms with E-state index in [2.05, 4.69) is 13.8 Å². The highest BCUT2D eigenvalue weighted by atomic mass is 31.2. The van der Waals surface area contributed by atoms with E-state index in [4.69, 9.17) is 18.9 Å². The molecule has 0 heterocycles. The molecule has 0 unspecified atom stereocenters. The van der Waals surface area contributed by atoms with E-state index < -0.39 is 18.2 Å². The van der Waals surface area contributed by atoms with Crippen LogP contribution in [0.3, 0.4) is 0 Å². The number of hydrogen-bond donors (Lipinski definition) is 0. The van der Waals surface area contributed by atoms with Crippen LogP contribution in [0.5, 0.6) is 23.0 Å². The summed E-state index contributed by atoms with van der Waals surface area (Å²) in [5, 5.41) is 0.258. The SMILES string of the molecule is CCC1=C(P(=O)(C(=O)c2c(OC)cccc2OC)C(=O)c2c(OC)cccc2OC)C=CC(CC)(CC)C1. The predicted octanol–water partition coefficient (Wildman–Crippen LogP) is 7.50. The van der Waals surface area contributed by atoms with Gasteiger partial charge < -0.3 is 23.5 Å². The van der Waals surface area contributed by atoms with Gasteiger partial charge in [0.25, 0.3) is 0 Å². The molecular weight excluding hydrogens is 503 g/mol. The van der Waals surface area contributed by atoms with Gasteiger partial charge in [-0.2, -0.15) is 0 Å². The van der Waals surface area contributed by atoms with Gasteiger partial charge in [0.05, 0.1) is 28.4 Å². The Balaban J connectivity index is 2.41. The van der Waals surface area contributed by atoms with Crippen molar-refractivity contribution in [2.24, 2.45) is 5.41 Å². The molecule has 0 spiro atoms. The second-order valence-electron chi connectivity index (χ2n) is 9.22. The highest BCUT2D eigenvalue weighted by molar-refractivity contribution is 7.98. The number of rotatable bonds is 12. The van der Waals surface area contributed by atoms with Crippen molar-refractivity contribution in [2.45, 2.75) is 46.5 Å². The summed E-state index contributed by atoms with van der Waals surface area (Å²) in [7, 11) is 1.11. The Bertz CT molecular complexity index is 1200. The van der Waals surface area contributed by atoms with Crippen molar-refractivity contribution < 1.29 is 33.1 Å². The minimum atomic E-state index is -4.54. The lowest BCUT2D eigenvalue weighted by Gasteiger charge is -2.35. The van der Waals surface area contributed by atoms with E-state index in [0.717, 1.165) is 18.4 Å². The van der Waals surface area contributed by atoms with Gasteiger partial charge in [-0.25, -0.2) is 0 Å². The van der Waals surface area contributed by atoms with Crippen LogP contribution in [-0.4, -0.2) is 39.5 Å². The van der Waals surface area contributed by atoms with Crippen molar-refractivity contribution in [1.29, 1.82) is 0 Å². The summed E-state index contributed by atoms with van der Waals surface area (Å²) in [6, 6.07) is 9.66. The lowest BCUT2D eigenvalue weighted by atomic mass is 9.74. The van der Waals surface area contributed by atoms with E-state index >= 15 is 4.57 Å². The maximum absolute atomic E-state index is 15.4. The van der Waals surface area contributed by atoms with Crippen LogP contribution in [0.15, 0.2) is 59.4 Å². The molecule has 204 valence electrons. The number of carbonyl (C=O) groups excluding carboxylic acids is 2. The fourth-order valence-corrected chi connectivity index (χ4v) is 7.73. The van der Waals surface area contributed by atoms with Gasteiger partial charge in [0.15, 0.2) is 0 Å². The molecule has 2 aromatic rings. The van der Waals surface area contributed by atoms with Crippen molar-refractivity contribution in [1.82, 2.24) is 0 Å². The lowest BCUT2D eigenvalue weighted by Crippen LogP contribution is -2.23. The number of methoxy groups -OCH3 is 4. The summed E-state index contributed by atoms with van der Waals surface area (Å²) in [5.74, 6) is 0.682. The third kappa shape index (κ3) is 4.92. The first kappa shape index (κ1) is 29.2. The molecule has 8 heteroatoms. The summed E-state index contributed by atoms with van der Waals surface area (Å²) >= 11 is 0. The van der Waals surface area contributed by atoms with E-state index in [0.29, 0.717) is 12.8 Å². The third-order valence-electron chi connectivity index (χ3n) is 7.55. The number of ether oxygens (including phenoxy) is 4. The fraction of sp³-hybridized carbons (Fsp3) is 0.400. The summed E-state index contributed by atoms with van der Waals surface area (Å²) in [6.07, 6.45) is 6.65. The lowest BCUT2D eigenvalue weighted by molar-refractivity contribution is 0.103. The molecule has 0 N–H and O–H groups in total. The van der Waals surface area contributed by atoms with E-state index in [9.17, 15) is 9.59 Å². The largest absolute Gasteiger partial charge is 0.496 e. The monoisotopic (exact) mass is 540 g/mol. The molecular formula is C30H37O7P. The average Bonchev–Trinajstić information content (AvgIpc) is 2.98. The Hall–Kier alpha value is -3.31. The molecule has 0 saturated heterocycles. The molecule has 7 nitrogen and oxygen atoms in total. The van der Waals surface area contributed by atoms with Crippen molar-refractivity contribution in [2.75, 3.05) is 28.4 Å². The fourth-order valence-electron chi connectivity index (χ4n) is 5.07. The van der Waals surface area contributed by atoms with E-state index in [1.807, 2.05) is 13.0 Å². The summed E-state index contributed by atoms with van der Waals surface area (Å²) in [4.78, 5) is 29.0. The quantitative estimate of drug-likeness (QED) is 0.258. The second kappa shape index (κ2) is 12.0.